The van der Waals surface area contributed by atoms with Gasteiger partial charge in [0, 0.05) is 12.0 Å². The Kier molecular flexibility index (Phi) is 5.34. The minimum atomic E-state index is -1.03. The van der Waals surface area contributed by atoms with Crippen molar-refractivity contribution in [2.24, 2.45) is 0 Å². The number of hydrogen-bond acceptors (Lipinski definition) is 2. The molecule has 2 aromatic rings. The molecule has 2 N–H and O–H groups in total. The highest BCUT2D eigenvalue weighted by Gasteiger charge is 2.24. The Balaban J connectivity index is 1.99. The van der Waals surface area contributed by atoms with E-state index in [1.807, 2.05) is 13.8 Å². The van der Waals surface area contributed by atoms with Crippen molar-refractivity contribution >= 4 is 11.9 Å². The molecule has 2 rings (SSSR count). The molecule has 0 radical (unpaired) electrons. The van der Waals surface area contributed by atoms with E-state index in [-0.39, 0.29) is 30.3 Å². The van der Waals surface area contributed by atoms with Gasteiger partial charge in [0.05, 0.1) is 12.0 Å². The summed E-state index contributed by atoms with van der Waals surface area (Å²) in [4.78, 5) is 23.1. The molecule has 0 atom stereocenters. The molecule has 126 valence electrons. The largest absolute Gasteiger partial charge is 0.478 e. The molecule has 0 aliphatic carbocycles. The zero-order valence-corrected chi connectivity index (χ0v) is 13.7. The van der Waals surface area contributed by atoms with Gasteiger partial charge in [0.15, 0.2) is 0 Å². The summed E-state index contributed by atoms with van der Waals surface area (Å²) in [7, 11) is 0. The second kappa shape index (κ2) is 7.25. The second-order valence-electron chi connectivity index (χ2n) is 6.32. The van der Waals surface area contributed by atoms with E-state index in [1.54, 1.807) is 30.3 Å². The number of carboxylic acid groups (broad SMARTS) is 1. The van der Waals surface area contributed by atoms with E-state index in [0.717, 1.165) is 0 Å². The Morgan fingerprint density at radius 3 is 2.50 bits per heavy atom. The number of carbonyl (C=O) groups excluding carboxylic acids is 1. The van der Waals surface area contributed by atoms with Crippen molar-refractivity contribution in [2.45, 2.75) is 25.7 Å². The quantitative estimate of drug-likeness (QED) is 0.855. The molecule has 1 amide bonds. The standard InChI is InChI=1S/C19H20FNO3/c1-19(2,15-8-3-4-9-16(15)20)12-21-17(22)11-13-6-5-7-14(10-13)18(23)24/h3-10H,11-12H2,1-2H3,(H,21,22)(H,23,24). The van der Waals surface area contributed by atoms with Gasteiger partial charge in [-0.1, -0.05) is 44.2 Å². The number of nitrogens with one attached hydrogen (secondary N) is 1. The fourth-order valence-electron chi connectivity index (χ4n) is 2.49. The lowest BCUT2D eigenvalue weighted by Crippen LogP contribution is -2.38. The van der Waals surface area contributed by atoms with Crippen LogP contribution < -0.4 is 5.32 Å². The van der Waals surface area contributed by atoms with Crippen LogP contribution in [0.5, 0.6) is 0 Å². The third-order valence-electron chi connectivity index (χ3n) is 3.87. The van der Waals surface area contributed by atoms with Crippen molar-refractivity contribution in [3.63, 3.8) is 0 Å². The number of carbonyl (C=O) groups is 2. The number of hydrogen-bond donors (Lipinski definition) is 2. The van der Waals surface area contributed by atoms with E-state index >= 15 is 0 Å². The molecule has 0 bridgehead atoms. The number of aromatic carboxylic acids is 1. The fraction of sp³-hybridized carbons (Fsp3) is 0.263. The first-order chi connectivity index (χ1) is 11.3. The highest BCUT2D eigenvalue weighted by Crippen LogP contribution is 2.24. The Morgan fingerprint density at radius 1 is 1.12 bits per heavy atom. The van der Waals surface area contributed by atoms with Crippen LogP contribution in [0.3, 0.4) is 0 Å². The normalized spacial score (nSPS) is 11.1. The number of amides is 1. The average molecular weight is 329 g/mol. The molecule has 2 aromatic carbocycles. The smallest absolute Gasteiger partial charge is 0.335 e. The summed E-state index contributed by atoms with van der Waals surface area (Å²) in [5.41, 5.74) is 0.755. The van der Waals surface area contributed by atoms with Crippen LogP contribution in [0.1, 0.15) is 35.3 Å². The van der Waals surface area contributed by atoms with Gasteiger partial charge in [0.1, 0.15) is 5.82 Å². The van der Waals surface area contributed by atoms with Crippen molar-refractivity contribution in [1.82, 2.24) is 5.32 Å². The van der Waals surface area contributed by atoms with Crippen LogP contribution in [0.25, 0.3) is 0 Å². The van der Waals surface area contributed by atoms with Crippen LogP contribution in [0, 0.1) is 5.82 Å². The molecule has 0 aliphatic heterocycles. The minimum Gasteiger partial charge on any atom is -0.478 e. The maximum Gasteiger partial charge on any atom is 0.335 e. The third kappa shape index (κ3) is 4.41. The second-order valence-corrected chi connectivity index (χ2v) is 6.32. The van der Waals surface area contributed by atoms with Crippen LogP contribution in [0.2, 0.25) is 0 Å². The predicted molar refractivity (Wildman–Crippen MR) is 89.5 cm³/mol. The minimum absolute atomic E-state index is 0.0778. The van der Waals surface area contributed by atoms with Crippen LogP contribution in [0.4, 0.5) is 4.39 Å². The van der Waals surface area contributed by atoms with Crippen LogP contribution in [-0.4, -0.2) is 23.5 Å². The summed E-state index contributed by atoms with van der Waals surface area (Å²) in [6, 6.07) is 12.8. The van der Waals surface area contributed by atoms with Gasteiger partial charge in [-0.2, -0.15) is 0 Å². The first-order valence-corrected chi connectivity index (χ1v) is 7.63. The number of benzene rings is 2. The Labute approximate surface area is 140 Å². The van der Waals surface area contributed by atoms with Crippen LogP contribution >= 0.6 is 0 Å². The van der Waals surface area contributed by atoms with Crippen LogP contribution in [-0.2, 0) is 16.6 Å². The van der Waals surface area contributed by atoms with Crippen molar-refractivity contribution in [3.05, 3.63) is 71.0 Å². The number of rotatable bonds is 6. The molecule has 0 aliphatic rings. The molecule has 0 heterocycles. The summed E-state index contributed by atoms with van der Waals surface area (Å²) in [6.45, 7) is 4.00. The van der Waals surface area contributed by atoms with E-state index in [0.29, 0.717) is 11.1 Å². The lowest BCUT2D eigenvalue weighted by Gasteiger charge is -2.26. The molecule has 4 nitrogen and oxygen atoms in total. The summed E-state index contributed by atoms with van der Waals surface area (Å²) >= 11 is 0. The first kappa shape index (κ1) is 17.7. The monoisotopic (exact) mass is 329 g/mol. The van der Waals surface area contributed by atoms with Crippen molar-refractivity contribution in [2.75, 3.05) is 6.54 Å². The topological polar surface area (TPSA) is 66.4 Å². The SMILES string of the molecule is CC(C)(CNC(=O)Cc1cccc(C(=O)O)c1)c1ccccc1F. The third-order valence-corrected chi connectivity index (χ3v) is 3.87. The van der Waals surface area contributed by atoms with Crippen LogP contribution in [0.15, 0.2) is 48.5 Å². The van der Waals surface area contributed by atoms with Gasteiger partial charge in [-0.25, -0.2) is 9.18 Å². The van der Waals surface area contributed by atoms with Gasteiger partial charge >= 0.3 is 5.97 Å². The summed E-state index contributed by atoms with van der Waals surface area (Å²) in [5.74, 6) is -1.56. The molecular weight excluding hydrogens is 309 g/mol. The average Bonchev–Trinajstić information content (AvgIpc) is 2.53. The predicted octanol–water partition coefficient (Wildman–Crippen LogP) is 3.16. The molecular formula is C19H20FNO3. The van der Waals surface area contributed by atoms with Gasteiger partial charge < -0.3 is 10.4 Å². The lowest BCUT2D eigenvalue weighted by atomic mass is 9.84. The van der Waals surface area contributed by atoms with Crippen molar-refractivity contribution in [1.29, 1.82) is 0 Å². The molecule has 5 heteroatoms. The number of carboxylic acids is 1. The van der Waals surface area contributed by atoms with Gasteiger partial charge in [0.2, 0.25) is 5.91 Å². The molecule has 0 unspecified atom stereocenters. The molecule has 24 heavy (non-hydrogen) atoms. The Morgan fingerprint density at radius 2 is 1.83 bits per heavy atom. The zero-order chi connectivity index (χ0) is 17.7. The summed E-state index contributed by atoms with van der Waals surface area (Å²) in [5, 5.41) is 11.8. The summed E-state index contributed by atoms with van der Waals surface area (Å²) in [6.07, 6.45) is 0.0778. The van der Waals surface area contributed by atoms with E-state index < -0.39 is 11.4 Å². The molecule has 0 saturated carbocycles. The highest BCUT2D eigenvalue weighted by molar-refractivity contribution is 5.88. The van der Waals surface area contributed by atoms with Crippen molar-refractivity contribution in [3.8, 4) is 0 Å². The van der Waals surface area contributed by atoms with E-state index in [1.165, 1.54) is 18.2 Å². The van der Waals surface area contributed by atoms with E-state index in [9.17, 15) is 14.0 Å². The van der Waals surface area contributed by atoms with Gasteiger partial charge in [-0.15, -0.1) is 0 Å². The fourth-order valence-corrected chi connectivity index (χ4v) is 2.49. The van der Waals surface area contributed by atoms with E-state index in [2.05, 4.69) is 5.32 Å². The Bertz CT molecular complexity index is 756. The van der Waals surface area contributed by atoms with Gasteiger partial charge in [-0.3, -0.25) is 4.79 Å². The molecule has 0 spiro atoms. The van der Waals surface area contributed by atoms with Gasteiger partial charge in [0.25, 0.3) is 0 Å². The highest BCUT2D eigenvalue weighted by atomic mass is 19.1. The number of halogens is 1. The maximum absolute atomic E-state index is 13.9. The zero-order valence-electron chi connectivity index (χ0n) is 13.7. The molecule has 0 fully saturated rings. The maximum atomic E-state index is 13.9. The molecule has 0 saturated heterocycles. The van der Waals surface area contributed by atoms with Crippen molar-refractivity contribution < 1.29 is 19.1 Å². The summed E-state index contributed by atoms with van der Waals surface area (Å²) < 4.78 is 13.9. The Hall–Kier alpha value is -2.69. The van der Waals surface area contributed by atoms with Gasteiger partial charge in [-0.05, 0) is 29.3 Å². The van der Waals surface area contributed by atoms with E-state index in [4.69, 9.17) is 5.11 Å². The first-order valence-electron chi connectivity index (χ1n) is 7.63. The lowest BCUT2D eigenvalue weighted by molar-refractivity contribution is -0.120. The molecule has 0 aromatic heterocycles.